The number of likely N-dealkylation sites (tertiary alicyclic amines) is 1. The third kappa shape index (κ3) is 5.24. The van der Waals surface area contributed by atoms with E-state index in [1.54, 1.807) is 0 Å². The Morgan fingerprint density at radius 1 is 1.09 bits per heavy atom. The number of benzene rings is 1. The number of fused-ring (bicyclic) bond motifs is 3. The van der Waals surface area contributed by atoms with Crippen LogP contribution in [0.25, 0.3) is 5.69 Å². The zero-order valence-corrected chi connectivity index (χ0v) is 21.2. The molecule has 35 heavy (non-hydrogen) atoms. The minimum absolute atomic E-state index is 0.145. The van der Waals surface area contributed by atoms with E-state index in [0.717, 1.165) is 55.7 Å². The molecule has 188 valence electrons. The maximum absolute atomic E-state index is 13.1. The zero-order valence-electron chi connectivity index (χ0n) is 21.2. The van der Waals surface area contributed by atoms with Crippen LogP contribution >= 0.6 is 0 Å². The molecule has 2 aliphatic heterocycles. The second-order valence-electron chi connectivity index (χ2n) is 11.2. The molecule has 1 aromatic carbocycles. The van der Waals surface area contributed by atoms with Crippen LogP contribution in [0.1, 0.15) is 82.7 Å². The molecule has 3 heterocycles. The van der Waals surface area contributed by atoms with Gasteiger partial charge in [-0.2, -0.15) is 0 Å². The Kier molecular flexibility index (Phi) is 6.60. The molecular formula is C28H37N3O4. The summed E-state index contributed by atoms with van der Waals surface area (Å²) in [6.07, 6.45) is 11.7. The third-order valence-corrected chi connectivity index (χ3v) is 7.35. The van der Waals surface area contributed by atoms with E-state index >= 15 is 0 Å². The van der Waals surface area contributed by atoms with Crippen molar-refractivity contribution < 1.29 is 19.1 Å². The maximum atomic E-state index is 13.1. The van der Waals surface area contributed by atoms with Crippen LogP contribution in [0, 0.1) is 5.92 Å². The molecule has 7 nitrogen and oxygen atoms in total. The molecule has 1 atom stereocenters. The minimum atomic E-state index is -0.623. The number of hydrogen-bond donors (Lipinski definition) is 0. The Morgan fingerprint density at radius 2 is 1.89 bits per heavy atom. The molecular weight excluding hydrogens is 442 g/mol. The summed E-state index contributed by atoms with van der Waals surface area (Å²) >= 11 is 0. The van der Waals surface area contributed by atoms with E-state index in [9.17, 15) is 9.59 Å². The number of nitrogens with zero attached hydrogens (tertiary/aromatic N) is 3. The fraction of sp³-hybridized carbons (Fsp3) is 0.607. The quantitative estimate of drug-likeness (QED) is 0.587. The zero-order chi connectivity index (χ0) is 24.6. The summed E-state index contributed by atoms with van der Waals surface area (Å²) in [4.78, 5) is 31.7. The molecule has 0 radical (unpaired) electrons. The summed E-state index contributed by atoms with van der Waals surface area (Å²) < 4.78 is 13.9. The van der Waals surface area contributed by atoms with Gasteiger partial charge < -0.3 is 14.0 Å². The van der Waals surface area contributed by atoms with Gasteiger partial charge in [-0.1, -0.05) is 6.42 Å². The van der Waals surface area contributed by atoms with Crippen LogP contribution in [-0.2, 0) is 28.8 Å². The lowest BCUT2D eigenvalue weighted by Crippen LogP contribution is -2.47. The van der Waals surface area contributed by atoms with E-state index in [1.807, 2.05) is 27.1 Å². The molecule has 0 bridgehead atoms. The summed E-state index contributed by atoms with van der Waals surface area (Å²) in [6, 6.07) is 6.40. The third-order valence-electron chi connectivity index (χ3n) is 7.35. The number of aromatic nitrogens is 2. The lowest BCUT2D eigenvalue weighted by atomic mass is 9.90. The van der Waals surface area contributed by atoms with Gasteiger partial charge in [0, 0.05) is 24.6 Å². The highest BCUT2D eigenvalue weighted by Gasteiger charge is 2.36. The van der Waals surface area contributed by atoms with Crippen LogP contribution in [0.3, 0.4) is 0 Å². The average molecular weight is 480 g/mol. The summed E-state index contributed by atoms with van der Waals surface area (Å²) in [7, 11) is 0. The number of amides is 2. The largest absolute Gasteiger partial charge is 0.490 e. The fourth-order valence-electron chi connectivity index (χ4n) is 5.62. The van der Waals surface area contributed by atoms with E-state index in [2.05, 4.69) is 22.8 Å². The van der Waals surface area contributed by atoms with Crippen molar-refractivity contribution in [1.82, 2.24) is 14.5 Å². The number of imidazole rings is 1. The number of ether oxygens (including phenoxy) is 2. The van der Waals surface area contributed by atoms with E-state index in [0.29, 0.717) is 19.1 Å². The highest BCUT2D eigenvalue weighted by atomic mass is 16.6. The lowest BCUT2D eigenvalue weighted by Gasteiger charge is -2.32. The highest BCUT2D eigenvalue weighted by molar-refractivity contribution is 5.94. The van der Waals surface area contributed by atoms with Gasteiger partial charge in [0.1, 0.15) is 11.4 Å². The van der Waals surface area contributed by atoms with Crippen molar-refractivity contribution in [2.24, 2.45) is 5.92 Å². The van der Waals surface area contributed by atoms with Gasteiger partial charge in [0.15, 0.2) is 0 Å². The molecule has 5 rings (SSSR count). The van der Waals surface area contributed by atoms with Crippen molar-refractivity contribution >= 4 is 12.0 Å². The monoisotopic (exact) mass is 479 g/mol. The Hall–Kier alpha value is -2.83. The number of imide groups is 1. The Bertz CT molecular complexity index is 1090. The van der Waals surface area contributed by atoms with E-state index in [1.165, 1.54) is 35.4 Å². The lowest BCUT2D eigenvalue weighted by molar-refractivity contribution is -0.137. The summed E-state index contributed by atoms with van der Waals surface area (Å²) in [5.41, 5.74) is 3.93. The van der Waals surface area contributed by atoms with Gasteiger partial charge in [0.25, 0.3) is 0 Å². The summed E-state index contributed by atoms with van der Waals surface area (Å²) in [5, 5.41) is 0. The molecule has 1 aliphatic carbocycles. The molecule has 7 heteroatoms. The van der Waals surface area contributed by atoms with Gasteiger partial charge in [-0.05, 0) is 95.9 Å². The highest BCUT2D eigenvalue weighted by Crippen LogP contribution is 2.33. The number of rotatable bonds is 4. The number of hydrogen-bond acceptors (Lipinski definition) is 5. The first-order valence-corrected chi connectivity index (χ1v) is 13.2. The Morgan fingerprint density at radius 3 is 2.66 bits per heavy atom. The molecule has 1 saturated heterocycles. The van der Waals surface area contributed by atoms with Gasteiger partial charge in [0.2, 0.25) is 5.91 Å². The minimum Gasteiger partial charge on any atom is -0.490 e. The molecule has 1 aromatic heterocycles. The fourth-order valence-corrected chi connectivity index (χ4v) is 5.62. The topological polar surface area (TPSA) is 73.7 Å². The predicted octanol–water partition coefficient (Wildman–Crippen LogP) is 5.40. The van der Waals surface area contributed by atoms with Crippen LogP contribution in [-0.4, -0.2) is 44.7 Å². The van der Waals surface area contributed by atoms with Crippen LogP contribution in [0.5, 0.6) is 5.75 Å². The van der Waals surface area contributed by atoms with Gasteiger partial charge in [-0.15, -0.1) is 0 Å². The number of carbonyl (C=O) groups is 2. The molecule has 2 amide bonds. The van der Waals surface area contributed by atoms with Crippen molar-refractivity contribution in [3.63, 3.8) is 0 Å². The number of piperidine rings is 1. The standard InChI is InChI=1S/C28H37N3O4/c1-28(2,3)35-27(33)30-15-7-8-20(26(30)32)17-23-25-13-11-19-16-22(34-21-9-5-4-6-10-21)12-14-24(19)31(25)18-29-23/h12,14,16,18,20-21H,4-11,13,15,17H2,1-3H3. The van der Waals surface area contributed by atoms with Crippen molar-refractivity contribution in [2.75, 3.05) is 6.54 Å². The van der Waals surface area contributed by atoms with Crippen LogP contribution < -0.4 is 4.74 Å². The summed E-state index contributed by atoms with van der Waals surface area (Å²) in [6.45, 7) is 5.87. The number of carbonyl (C=O) groups excluding carboxylic acids is 2. The van der Waals surface area contributed by atoms with Gasteiger partial charge in [-0.25, -0.2) is 14.7 Å². The normalized spacial score (nSPS) is 20.8. The molecule has 2 aromatic rings. The van der Waals surface area contributed by atoms with Gasteiger partial charge >= 0.3 is 6.09 Å². The average Bonchev–Trinajstić information content (AvgIpc) is 3.23. The summed E-state index contributed by atoms with van der Waals surface area (Å²) in [5.74, 6) is 0.575. The molecule has 0 spiro atoms. The first-order valence-electron chi connectivity index (χ1n) is 13.2. The first-order chi connectivity index (χ1) is 16.8. The van der Waals surface area contributed by atoms with Crippen molar-refractivity contribution in [3.8, 4) is 11.4 Å². The molecule has 0 N–H and O–H groups in total. The van der Waals surface area contributed by atoms with E-state index in [4.69, 9.17) is 14.5 Å². The second-order valence-corrected chi connectivity index (χ2v) is 11.2. The van der Waals surface area contributed by atoms with Gasteiger partial charge in [0.05, 0.1) is 23.8 Å². The Labute approximate surface area is 207 Å². The SMILES string of the molecule is CC(C)(C)OC(=O)N1CCCC(Cc2ncn3c2CCc2cc(OC4CCCCC4)ccc2-3)C1=O. The van der Waals surface area contributed by atoms with Gasteiger partial charge in [-0.3, -0.25) is 4.79 Å². The predicted molar refractivity (Wildman–Crippen MR) is 133 cm³/mol. The van der Waals surface area contributed by atoms with Crippen LogP contribution in [0.4, 0.5) is 4.79 Å². The Balaban J connectivity index is 1.29. The van der Waals surface area contributed by atoms with Crippen molar-refractivity contribution in [3.05, 3.63) is 41.5 Å². The molecule has 1 unspecified atom stereocenters. The van der Waals surface area contributed by atoms with Crippen LogP contribution in [0.2, 0.25) is 0 Å². The second kappa shape index (κ2) is 9.67. The smallest absolute Gasteiger partial charge is 0.417 e. The first kappa shape index (κ1) is 23.9. The molecule has 1 saturated carbocycles. The molecule has 3 aliphatic rings. The molecule has 2 fully saturated rings. The number of aryl methyl sites for hydroxylation is 1. The van der Waals surface area contributed by atoms with Crippen molar-refractivity contribution in [1.29, 1.82) is 0 Å². The van der Waals surface area contributed by atoms with E-state index < -0.39 is 11.7 Å². The maximum Gasteiger partial charge on any atom is 0.417 e. The van der Waals surface area contributed by atoms with Crippen molar-refractivity contribution in [2.45, 2.75) is 96.7 Å². The van der Waals surface area contributed by atoms with E-state index in [-0.39, 0.29) is 11.8 Å². The van der Waals surface area contributed by atoms with Crippen LogP contribution in [0.15, 0.2) is 24.5 Å².